The molecule has 2 unspecified atom stereocenters. The van der Waals surface area contributed by atoms with E-state index in [9.17, 15) is 19.8 Å². The molecule has 0 radical (unpaired) electrons. The molecule has 1 amide bonds. The summed E-state index contributed by atoms with van der Waals surface area (Å²) in [6, 6.07) is 6.28. The molecule has 2 aliphatic rings. The van der Waals surface area contributed by atoms with Gasteiger partial charge in [-0.3, -0.25) is 14.5 Å². The fourth-order valence-corrected chi connectivity index (χ4v) is 6.24. The molecule has 0 spiro atoms. The molecule has 0 aliphatic carbocycles. The van der Waals surface area contributed by atoms with E-state index in [1.165, 1.54) is 18.0 Å². The van der Waals surface area contributed by atoms with E-state index in [4.69, 9.17) is 30.3 Å². The molecule has 37 heavy (non-hydrogen) atoms. The predicted octanol–water partition coefficient (Wildman–Crippen LogP) is 2.68. The molecule has 0 saturated carbocycles. The van der Waals surface area contributed by atoms with Gasteiger partial charge in [-0.05, 0) is 70.2 Å². The fourth-order valence-electron chi connectivity index (χ4n) is 3.82. The maximum absolute atomic E-state index is 12.5. The number of carbonyl (C=O) groups excluding carboxylic acids is 2. The highest BCUT2D eigenvalue weighted by Crippen LogP contribution is 2.47. The SMILES string of the molecule is C=C1C=CN([C@@H]2O[C@H](COP(=S)(NC(C)C(=O)OC(C)C)Oc3ccc(C)cc3)[C@@H](O)[C@@]2(C)O)C(=O)C1. The van der Waals surface area contributed by atoms with Gasteiger partial charge in [0.05, 0.1) is 19.1 Å². The van der Waals surface area contributed by atoms with Gasteiger partial charge >= 0.3 is 12.6 Å². The van der Waals surface area contributed by atoms with Gasteiger partial charge in [0.15, 0.2) is 6.23 Å². The fraction of sp³-hybridized carbons (Fsp3) is 0.520. The van der Waals surface area contributed by atoms with Gasteiger partial charge in [0.25, 0.3) is 0 Å². The van der Waals surface area contributed by atoms with Gasteiger partial charge in [-0.15, -0.1) is 0 Å². The summed E-state index contributed by atoms with van der Waals surface area (Å²) >= 11 is 5.71. The minimum Gasteiger partial charge on any atom is -0.462 e. The zero-order chi connectivity index (χ0) is 27.5. The molecule has 1 aromatic carbocycles. The van der Waals surface area contributed by atoms with Crippen molar-refractivity contribution in [1.29, 1.82) is 0 Å². The third-order valence-electron chi connectivity index (χ3n) is 5.86. The molecule has 0 aromatic heterocycles. The molecule has 0 bridgehead atoms. The maximum Gasteiger partial charge on any atom is 0.323 e. The van der Waals surface area contributed by atoms with E-state index in [2.05, 4.69) is 11.7 Å². The second kappa shape index (κ2) is 11.7. The van der Waals surface area contributed by atoms with Crippen molar-refractivity contribution in [2.24, 2.45) is 0 Å². The Morgan fingerprint density at radius 1 is 1.35 bits per heavy atom. The molecule has 6 atom stereocenters. The zero-order valence-corrected chi connectivity index (χ0v) is 23.3. The molecule has 1 saturated heterocycles. The monoisotopic (exact) mass is 554 g/mol. The van der Waals surface area contributed by atoms with Gasteiger partial charge in [-0.2, -0.15) is 0 Å². The van der Waals surface area contributed by atoms with Crippen LogP contribution < -0.4 is 9.61 Å². The lowest BCUT2D eigenvalue weighted by atomic mass is 9.95. The first kappa shape index (κ1) is 29.4. The van der Waals surface area contributed by atoms with E-state index in [1.807, 2.05) is 19.1 Å². The first-order valence-corrected chi connectivity index (χ1v) is 14.6. The number of ether oxygens (including phenoxy) is 2. The van der Waals surface area contributed by atoms with Gasteiger partial charge < -0.3 is 28.7 Å². The van der Waals surface area contributed by atoms with E-state index >= 15 is 0 Å². The number of amides is 1. The topological polar surface area (TPSA) is 127 Å². The number of hydrogen-bond donors (Lipinski definition) is 3. The van der Waals surface area contributed by atoms with E-state index in [0.717, 1.165) is 5.56 Å². The number of esters is 1. The summed E-state index contributed by atoms with van der Waals surface area (Å²) in [5.74, 6) is -0.427. The smallest absolute Gasteiger partial charge is 0.323 e. The number of nitrogens with one attached hydrogen (secondary N) is 1. The Hall–Kier alpha value is -2.11. The average Bonchev–Trinajstić information content (AvgIpc) is 3.02. The van der Waals surface area contributed by atoms with E-state index in [-0.39, 0.29) is 25.0 Å². The second-order valence-corrected chi connectivity index (χ2v) is 12.8. The van der Waals surface area contributed by atoms with Crippen LogP contribution in [-0.2, 0) is 35.4 Å². The normalized spacial score (nSPS) is 28.3. The molecule has 2 aliphatic heterocycles. The Labute approximate surface area is 222 Å². The minimum absolute atomic E-state index is 0.0726. The molecule has 10 nitrogen and oxygen atoms in total. The Morgan fingerprint density at radius 3 is 2.59 bits per heavy atom. The maximum atomic E-state index is 12.5. The highest BCUT2D eigenvalue weighted by Gasteiger charge is 2.55. The van der Waals surface area contributed by atoms with Crippen LogP contribution in [0.1, 0.15) is 39.7 Å². The first-order valence-electron chi connectivity index (χ1n) is 11.9. The molecule has 1 aromatic rings. The van der Waals surface area contributed by atoms with Gasteiger partial charge in [-0.1, -0.05) is 24.3 Å². The number of allylic oxidation sites excluding steroid dienone is 1. The highest BCUT2D eigenvalue weighted by molar-refractivity contribution is 8.09. The minimum atomic E-state index is -3.40. The summed E-state index contributed by atoms with van der Waals surface area (Å²) in [5, 5.41) is 24.8. The number of carbonyl (C=O) groups is 2. The van der Waals surface area contributed by atoms with E-state index in [1.54, 1.807) is 39.0 Å². The molecular weight excluding hydrogens is 519 g/mol. The van der Waals surface area contributed by atoms with Gasteiger partial charge in [-0.25, -0.2) is 5.09 Å². The van der Waals surface area contributed by atoms with Crippen molar-refractivity contribution in [3.63, 3.8) is 0 Å². The molecule has 3 N–H and O–H groups in total. The largest absolute Gasteiger partial charge is 0.462 e. The Balaban J connectivity index is 1.77. The van der Waals surface area contributed by atoms with E-state index in [0.29, 0.717) is 11.3 Å². The number of aliphatic hydroxyl groups is 2. The standard InChI is InChI=1S/C25H35N2O8PS/c1-15(2)33-23(30)18(5)26-36(37,35-19-9-7-16(3)8-10-19)32-14-20-22(29)25(6,31)24(34-20)27-12-11-17(4)13-21(27)28/h7-12,15,18,20,22,24,29,31H,4,13-14H2,1-3,5-6H3,(H,26,37)/t18?,20-,22-,24-,25-,36?/m1/s1. The Kier molecular flexibility index (Phi) is 9.34. The van der Waals surface area contributed by atoms with Crippen molar-refractivity contribution in [2.45, 2.75) is 77.2 Å². The zero-order valence-electron chi connectivity index (χ0n) is 21.6. The molecule has 204 valence electrons. The van der Waals surface area contributed by atoms with Crippen LogP contribution >= 0.6 is 6.64 Å². The number of benzene rings is 1. The van der Waals surface area contributed by atoms with Crippen molar-refractivity contribution >= 4 is 30.3 Å². The van der Waals surface area contributed by atoms with Crippen molar-refractivity contribution in [2.75, 3.05) is 6.61 Å². The van der Waals surface area contributed by atoms with Crippen LogP contribution in [0.25, 0.3) is 0 Å². The summed E-state index contributed by atoms with van der Waals surface area (Å²) in [7, 11) is 0. The summed E-state index contributed by atoms with van der Waals surface area (Å²) in [6.07, 6.45) is -0.741. The van der Waals surface area contributed by atoms with Crippen LogP contribution in [0.15, 0.2) is 48.7 Å². The summed E-state index contributed by atoms with van der Waals surface area (Å²) in [4.78, 5) is 26.2. The number of nitrogens with zero attached hydrogens (tertiary/aromatic N) is 1. The lowest BCUT2D eigenvalue weighted by molar-refractivity contribution is -0.156. The quantitative estimate of drug-likeness (QED) is 0.294. The lowest BCUT2D eigenvalue weighted by Gasteiger charge is -2.35. The van der Waals surface area contributed by atoms with Gasteiger partial charge in [0, 0.05) is 6.20 Å². The summed E-state index contributed by atoms with van der Waals surface area (Å²) in [6.45, 7) is 8.45. The van der Waals surface area contributed by atoms with Crippen LogP contribution in [0, 0.1) is 6.92 Å². The van der Waals surface area contributed by atoms with Gasteiger partial charge in [0.2, 0.25) is 5.91 Å². The van der Waals surface area contributed by atoms with Crippen LogP contribution in [0.4, 0.5) is 0 Å². The summed E-state index contributed by atoms with van der Waals surface area (Å²) < 4.78 is 23.1. The third kappa shape index (κ3) is 7.26. The van der Waals surface area contributed by atoms with Crippen molar-refractivity contribution in [3.05, 3.63) is 54.3 Å². The third-order valence-corrected chi connectivity index (χ3v) is 8.36. The lowest BCUT2D eigenvalue weighted by Crippen LogP contribution is -2.53. The van der Waals surface area contributed by atoms with Crippen molar-refractivity contribution in [1.82, 2.24) is 9.99 Å². The Morgan fingerprint density at radius 2 is 2.00 bits per heavy atom. The average molecular weight is 555 g/mol. The number of hydrogen-bond acceptors (Lipinski definition) is 9. The van der Waals surface area contributed by atoms with Crippen LogP contribution in [0.3, 0.4) is 0 Å². The molecular formula is C25H35N2O8PS. The van der Waals surface area contributed by atoms with Crippen molar-refractivity contribution < 1.29 is 38.3 Å². The molecule has 2 heterocycles. The van der Waals surface area contributed by atoms with Crippen LogP contribution in [-0.4, -0.2) is 69.8 Å². The van der Waals surface area contributed by atoms with Crippen molar-refractivity contribution in [3.8, 4) is 5.75 Å². The van der Waals surface area contributed by atoms with Crippen LogP contribution in [0.2, 0.25) is 0 Å². The predicted molar refractivity (Wildman–Crippen MR) is 141 cm³/mol. The second-order valence-electron chi connectivity index (χ2n) is 9.68. The highest BCUT2D eigenvalue weighted by atomic mass is 32.5. The van der Waals surface area contributed by atoms with E-state index < -0.39 is 42.7 Å². The first-order chi connectivity index (χ1) is 17.2. The molecule has 12 heteroatoms. The summed E-state index contributed by atoms with van der Waals surface area (Å²) in [5.41, 5.74) is -0.150. The Bertz CT molecular complexity index is 1090. The number of aryl methyl sites for hydroxylation is 1. The number of aliphatic hydroxyl groups excluding tert-OH is 1. The van der Waals surface area contributed by atoms with Gasteiger partial charge in [0.1, 0.15) is 29.6 Å². The van der Waals surface area contributed by atoms with Crippen LogP contribution in [0.5, 0.6) is 5.75 Å². The molecule has 1 fully saturated rings. The molecule has 3 rings (SSSR count). The number of rotatable bonds is 10.